The highest BCUT2D eigenvalue weighted by atomic mass is 19.1. The van der Waals surface area contributed by atoms with E-state index in [1.54, 1.807) is 6.07 Å². The third-order valence-electron chi connectivity index (χ3n) is 4.34. The molecule has 0 aromatic heterocycles. The van der Waals surface area contributed by atoms with Crippen LogP contribution in [0.4, 0.5) is 4.39 Å². The number of benzene rings is 1. The van der Waals surface area contributed by atoms with E-state index in [-0.39, 0.29) is 11.9 Å². The molecule has 2 rings (SSSR count). The molecular formula is C17H26FN. The van der Waals surface area contributed by atoms with Crippen molar-refractivity contribution in [1.29, 1.82) is 0 Å². The zero-order valence-corrected chi connectivity index (χ0v) is 12.4. The summed E-state index contributed by atoms with van der Waals surface area (Å²) in [5.74, 6) is 0.554. The lowest BCUT2D eigenvalue weighted by Crippen LogP contribution is -2.31. The largest absolute Gasteiger partial charge is 0.310 e. The summed E-state index contributed by atoms with van der Waals surface area (Å²) in [6, 6.07) is 3.96. The normalized spacial score (nSPS) is 18.5. The van der Waals surface area contributed by atoms with E-state index in [1.165, 1.54) is 32.1 Å². The van der Waals surface area contributed by atoms with Gasteiger partial charge in [0, 0.05) is 11.6 Å². The van der Waals surface area contributed by atoms with Crippen LogP contribution in [-0.2, 0) is 0 Å². The first kappa shape index (κ1) is 14.5. The van der Waals surface area contributed by atoms with Gasteiger partial charge >= 0.3 is 0 Å². The summed E-state index contributed by atoms with van der Waals surface area (Å²) < 4.78 is 14.4. The maximum atomic E-state index is 14.4. The maximum absolute atomic E-state index is 14.4. The van der Waals surface area contributed by atoms with Gasteiger partial charge in [-0.15, -0.1) is 0 Å². The Bertz CT molecular complexity index is 398. The van der Waals surface area contributed by atoms with Crippen LogP contribution in [0.2, 0.25) is 0 Å². The van der Waals surface area contributed by atoms with Gasteiger partial charge in [0.2, 0.25) is 0 Å². The van der Waals surface area contributed by atoms with Crippen molar-refractivity contribution in [3.05, 3.63) is 34.6 Å². The second-order valence-electron chi connectivity index (χ2n) is 5.91. The molecular weight excluding hydrogens is 237 g/mol. The first-order chi connectivity index (χ1) is 9.13. The topological polar surface area (TPSA) is 12.0 Å². The fraction of sp³-hybridized carbons (Fsp3) is 0.647. The smallest absolute Gasteiger partial charge is 0.128 e. The summed E-state index contributed by atoms with van der Waals surface area (Å²) in [6.07, 6.45) is 6.37. The second kappa shape index (κ2) is 6.51. The van der Waals surface area contributed by atoms with E-state index >= 15 is 0 Å². The SMILES string of the molecule is CCNC(c1c(C)cc(C)cc1F)C1CCCCC1. The van der Waals surface area contributed by atoms with Gasteiger partial charge in [0.05, 0.1) is 0 Å². The minimum absolute atomic E-state index is 0.0333. The Morgan fingerprint density at radius 1 is 1.21 bits per heavy atom. The van der Waals surface area contributed by atoms with Crippen molar-refractivity contribution in [3.8, 4) is 0 Å². The van der Waals surface area contributed by atoms with Gasteiger partial charge in [-0.25, -0.2) is 4.39 Å². The van der Waals surface area contributed by atoms with Crippen LogP contribution in [0.15, 0.2) is 12.1 Å². The Kier molecular flexibility index (Phi) is 4.98. The lowest BCUT2D eigenvalue weighted by molar-refractivity contribution is 0.269. The highest BCUT2D eigenvalue weighted by molar-refractivity contribution is 5.34. The standard InChI is InChI=1S/C17H26FN/c1-4-19-17(14-8-6-5-7-9-14)16-13(3)10-12(2)11-15(16)18/h10-11,14,17,19H,4-9H2,1-3H3. The fourth-order valence-corrected chi connectivity index (χ4v) is 3.51. The van der Waals surface area contributed by atoms with Gasteiger partial charge in [-0.3, -0.25) is 0 Å². The molecule has 1 aliphatic carbocycles. The van der Waals surface area contributed by atoms with Gasteiger partial charge in [-0.05, 0) is 56.3 Å². The fourth-order valence-electron chi connectivity index (χ4n) is 3.51. The van der Waals surface area contributed by atoms with Crippen molar-refractivity contribution in [2.45, 2.75) is 58.9 Å². The monoisotopic (exact) mass is 263 g/mol. The predicted molar refractivity (Wildman–Crippen MR) is 78.9 cm³/mol. The molecule has 1 N–H and O–H groups in total. The first-order valence-electron chi connectivity index (χ1n) is 7.63. The number of hydrogen-bond donors (Lipinski definition) is 1. The summed E-state index contributed by atoms with van der Waals surface area (Å²) in [6.45, 7) is 7.01. The van der Waals surface area contributed by atoms with Crippen molar-refractivity contribution >= 4 is 0 Å². The Morgan fingerprint density at radius 2 is 1.89 bits per heavy atom. The van der Waals surface area contributed by atoms with Gasteiger partial charge in [-0.2, -0.15) is 0 Å². The summed E-state index contributed by atoms with van der Waals surface area (Å²) in [4.78, 5) is 0. The molecule has 0 amide bonds. The third-order valence-corrected chi connectivity index (χ3v) is 4.34. The molecule has 0 heterocycles. The summed E-state index contributed by atoms with van der Waals surface area (Å²) in [7, 11) is 0. The molecule has 0 radical (unpaired) electrons. The maximum Gasteiger partial charge on any atom is 0.128 e. The van der Waals surface area contributed by atoms with Crippen LogP contribution in [0.5, 0.6) is 0 Å². The van der Waals surface area contributed by atoms with E-state index in [0.717, 1.165) is 23.2 Å². The predicted octanol–water partition coefficient (Wildman–Crippen LogP) is 4.67. The van der Waals surface area contributed by atoms with Crippen LogP contribution in [0.25, 0.3) is 0 Å². The molecule has 1 aromatic carbocycles. The molecule has 1 aromatic rings. The molecule has 0 saturated heterocycles. The molecule has 19 heavy (non-hydrogen) atoms. The molecule has 0 aliphatic heterocycles. The minimum atomic E-state index is -0.0333. The summed E-state index contributed by atoms with van der Waals surface area (Å²) >= 11 is 0. The average molecular weight is 263 g/mol. The average Bonchev–Trinajstić information content (AvgIpc) is 2.37. The van der Waals surface area contributed by atoms with Crippen LogP contribution in [0, 0.1) is 25.6 Å². The molecule has 1 unspecified atom stereocenters. The van der Waals surface area contributed by atoms with Crippen LogP contribution in [-0.4, -0.2) is 6.54 Å². The summed E-state index contributed by atoms with van der Waals surface area (Å²) in [5.41, 5.74) is 3.01. The molecule has 0 spiro atoms. The highest BCUT2D eigenvalue weighted by Crippen LogP contribution is 2.36. The minimum Gasteiger partial charge on any atom is -0.310 e. The molecule has 1 aliphatic rings. The zero-order chi connectivity index (χ0) is 13.8. The Balaban J connectivity index is 2.32. The van der Waals surface area contributed by atoms with Crippen molar-refractivity contribution in [3.63, 3.8) is 0 Å². The molecule has 1 fully saturated rings. The van der Waals surface area contributed by atoms with Crippen molar-refractivity contribution in [1.82, 2.24) is 5.32 Å². The molecule has 1 nitrogen and oxygen atoms in total. The van der Waals surface area contributed by atoms with Crippen molar-refractivity contribution in [2.24, 2.45) is 5.92 Å². The van der Waals surface area contributed by atoms with Gasteiger partial charge < -0.3 is 5.32 Å². The zero-order valence-electron chi connectivity index (χ0n) is 12.4. The summed E-state index contributed by atoms with van der Waals surface area (Å²) in [5, 5.41) is 3.53. The molecule has 1 saturated carbocycles. The van der Waals surface area contributed by atoms with Crippen molar-refractivity contribution in [2.75, 3.05) is 6.54 Å². The van der Waals surface area contributed by atoms with E-state index in [9.17, 15) is 4.39 Å². The lowest BCUT2D eigenvalue weighted by Gasteiger charge is -2.32. The number of halogens is 1. The Labute approximate surface area is 116 Å². The van der Waals surface area contributed by atoms with E-state index in [2.05, 4.69) is 18.3 Å². The number of rotatable bonds is 4. The Morgan fingerprint density at radius 3 is 2.47 bits per heavy atom. The van der Waals surface area contributed by atoms with E-state index in [0.29, 0.717) is 5.92 Å². The first-order valence-corrected chi connectivity index (χ1v) is 7.63. The van der Waals surface area contributed by atoms with Gasteiger partial charge in [0.1, 0.15) is 5.82 Å². The quantitative estimate of drug-likeness (QED) is 0.832. The number of aryl methyl sites for hydroxylation is 2. The number of nitrogens with one attached hydrogen (secondary N) is 1. The molecule has 106 valence electrons. The van der Waals surface area contributed by atoms with Crippen LogP contribution in [0.3, 0.4) is 0 Å². The Hall–Kier alpha value is -0.890. The van der Waals surface area contributed by atoms with E-state index in [4.69, 9.17) is 0 Å². The molecule has 0 bridgehead atoms. The highest BCUT2D eigenvalue weighted by Gasteiger charge is 2.27. The van der Waals surface area contributed by atoms with Gasteiger partial charge in [0.15, 0.2) is 0 Å². The lowest BCUT2D eigenvalue weighted by atomic mass is 9.79. The molecule has 1 atom stereocenters. The van der Waals surface area contributed by atoms with Gasteiger partial charge in [0.25, 0.3) is 0 Å². The second-order valence-corrected chi connectivity index (χ2v) is 5.91. The van der Waals surface area contributed by atoms with Crippen LogP contribution < -0.4 is 5.32 Å². The van der Waals surface area contributed by atoms with Crippen molar-refractivity contribution < 1.29 is 4.39 Å². The van der Waals surface area contributed by atoms with Crippen LogP contribution >= 0.6 is 0 Å². The van der Waals surface area contributed by atoms with Gasteiger partial charge in [-0.1, -0.05) is 32.3 Å². The van der Waals surface area contributed by atoms with E-state index < -0.39 is 0 Å². The molecule has 2 heteroatoms. The van der Waals surface area contributed by atoms with E-state index in [1.807, 2.05) is 13.8 Å². The third kappa shape index (κ3) is 3.36. The van der Waals surface area contributed by atoms with Crippen LogP contribution in [0.1, 0.15) is 61.8 Å². The number of hydrogen-bond acceptors (Lipinski definition) is 1.